The van der Waals surface area contributed by atoms with E-state index in [0.29, 0.717) is 0 Å². The van der Waals surface area contributed by atoms with E-state index in [1.165, 1.54) is 5.56 Å². The maximum Gasteiger partial charge on any atom is 0.134 e. The van der Waals surface area contributed by atoms with Gasteiger partial charge in [-0.15, -0.1) is 0 Å². The van der Waals surface area contributed by atoms with Crippen molar-refractivity contribution in [3.63, 3.8) is 0 Å². The second kappa shape index (κ2) is 7.06. The van der Waals surface area contributed by atoms with Crippen molar-refractivity contribution < 1.29 is 0 Å². The van der Waals surface area contributed by atoms with Gasteiger partial charge in [0.2, 0.25) is 0 Å². The molecule has 0 amide bonds. The van der Waals surface area contributed by atoms with Crippen LogP contribution in [-0.4, -0.2) is 33.3 Å². The summed E-state index contributed by atoms with van der Waals surface area (Å²) in [7, 11) is 1.89. The Morgan fingerprint density at radius 1 is 1.19 bits per heavy atom. The van der Waals surface area contributed by atoms with Crippen molar-refractivity contribution in [1.29, 1.82) is 0 Å². The van der Waals surface area contributed by atoms with Crippen molar-refractivity contribution >= 4 is 11.6 Å². The minimum atomic E-state index is 0.785. The largest absolute Gasteiger partial charge is 0.373 e. The molecule has 0 fully saturated rings. The summed E-state index contributed by atoms with van der Waals surface area (Å²) < 4.78 is 1.94. The van der Waals surface area contributed by atoms with Crippen LogP contribution >= 0.6 is 0 Å². The summed E-state index contributed by atoms with van der Waals surface area (Å²) >= 11 is 0. The summed E-state index contributed by atoms with van der Waals surface area (Å²) in [5.74, 6) is 2.68. The van der Waals surface area contributed by atoms with E-state index in [9.17, 15) is 0 Å². The van der Waals surface area contributed by atoms with Gasteiger partial charge in [-0.1, -0.05) is 6.92 Å². The molecule has 2 aromatic rings. The number of aromatic nitrogens is 4. The lowest BCUT2D eigenvalue weighted by Crippen LogP contribution is -2.14. The molecule has 0 aliphatic rings. The lowest BCUT2D eigenvalue weighted by Gasteiger charge is -2.13. The Bertz CT molecular complexity index is 590. The third kappa shape index (κ3) is 3.93. The molecule has 114 valence electrons. The Morgan fingerprint density at radius 3 is 2.57 bits per heavy atom. The molecule has 0 radical (unpaired) electrons. The van der Waals surface area contributed by atoms with Gasteiger partial charge in [-0.2, -0.15) is 5.10 Å². The Hall–Kier alpha value is -2.11. The van der Waals surface area contributed by atoms with Gasteiger partial charge in [-0.3, -0.25) is 4.68 Å². The van der Waals surface area contributed by atoms with Gasteiger partial charge in [-0.25, -0.2) is 9.97 Å². The summed E-state index contributed by atoms with van der Waals surface area (Å²) in [5, 5.41) is 10.8. The highest BCUT2D eigenvalue weighted by Crippen LogP contribution is 2.19. The van der Waals surface area contributed by atoms with Crippen LogP contribution in [0.2, 0.25) is 0 Å². The molecule has 0 aliphatic heterocycles. The van der Waals surface area contributed by atoms with Crippen LogP contribution in [0.1, 0.15) is 30.3 Å². The van der Waals surface area contributed by atoms with Crippen molar-refractivity contribution in [2.24, 2.45) is 0 Å². The molecule has 2 N–H and O–H groups in total. The fourth-order valence-electron chi connectivity index (χ4n) is 2.19. The van der Waals surface area contributed by atoms with Gasteiger partial charge in [0.15, 0.2) is 0 Å². The molecule has 0 aromatic carbocycles. The quantitative estimate of drug-likeness (QED) is 0.819. The predicted octanol–water partition coefficient (Wildman–Crippen LogP) is 2.40. The van der Waals surface area contributed by atoms with Gasteiger partial charge in [-0.05, 0) is 25.8 Å². The van der Waals surface area contributed by atoms with E-state index in [1.54, 1.807) is 0 Å². The summed E-state index contributed by atoms with van der Waals surface area (Å²) in [6, 6.07) is 0. The number of nitrogens with one attached hydrogen (secondary N) is 2. The van der Waals surface area contributed by atoms with Crippen molar-refractivity contribution in [2.75, 3.05) is 24.2 Å². The van der Waals surface area contributed by atoms with Crippen LogP contribution in [0.15, 0.2) is 12.4 Å². The van der Waals surface area contributed by atoms with E-state index in [4.69, 9.17) is 0 Å². The van der Waals surface area contributed by atoms with E-state index >= 15 is 0 Å². The molecule has 2 heterocycles. The van der Waals surface area contributed by atoms with Crippen molar-refractivity contribution in [2.45, 2.75) is 40.2 Å². The minimum Gasteiger partial charge on any atom is -0.373 e. The van der Waals surface area contributed by atoms with Crippen LogP contribution in [0.5, 0.6) is 0 Å². The van der Waals surface area contributed by atoms with Gasteiger partial charge in [0.1, 0.15) is 17.5 Å². The summed E-state index contributed by atoms with van der Waals surface area (Å²) in [6.07, 6.45) is 5.84. The monoisotopic (exact) mass is 288 g/mol. The van der Waals surface area contributed by atoms with Gasteiger partial charge < -0.3 is 10.6 Å². The van der Waals surface area contributed by atoms with E-state index in [2.05, 4.69) is 32.6 Å². The minimum absolute atomic E-state index is 0.785. The normalized spacial score (nSPS) is 10.7. The van der Waals surface area contributed by atoms with Crippen LogP contribution in [0.3, 0.4) is 0 Å². The zero-order valence-electron chi connectivity index (χ0n) is 13.3. The lowest BCUT2D eigenvalue weighted by atomic mass is 10.2. The maximum absolute atomic E-state index is 4.62. The smallest absolute Gasteiger partial charge is 0.134 e. The standard InChI is InChI=1S/C15H24N6/c1-5-6-13-19-14(16-4)12(3)15(20-13)17-7-8-21-10-11(2)9-18-21/h9-10H,5-8H2,1-4H3,(H2,16,17,19,20). The van der Waals surface area contributed by atoms with Gasteiger partial charge >= 0.3 is 0 Å². The van der Waals surface area contributed by atoms with Crippen molar-refractivity contribution in [3.05, 3.63) is 29.3 Å². The third-order valence-corrected chi connectivity index (χ3v) is 3.30. The molecular weight excluding hydrogens is 264 g/mol. The molecule has 0 spiro atoms. The molecule has 0 atom stereocenters. The summed E-state index contributed by atoms with van der Waals surface area (Å²) in [5.41, 5.74) is 2.23. The SMILES string of the molecule is CCCc1nc(NC)c(C)c(NCCn2cc(C)cn2)n1. The fourth-order valence-corrected chi connectivity index (χ4v) is 2.19. The topological polar surface area (TPSA) is 67.7 Å². The van der Waals surface area contributed by atoms with Gasteiger partial charge in [0, 0.05) is 31.8 Å². The van der Waals surface area contributed by atoms with Crippen LogP contribution in [0.25, 0.3) is 0 Å². The van der Waals surface area contributed by atoms with Gasteiger partial charge in [0.05, 0.1) is 12.7 Å². The molecule has 21 heavy (non-hydrogen) atoms. The first-order chi connectivity index (χ1) is 10.1. The van der Waals surface area contributed by atoms with Crippen LogP contribution < -0.4 is 10.6 Å². The van der Waals surface area contributed by atoms with Crippen molar-refractivity contribution in [3.8, 4) is 0 Å². The Labute approximate surface area is 126 Å². The third-order valence-electron chi connectivity index (χ3n) is 3.30. The Kier molecular flexibility index (Phi) is 5.14. The van der Waals surface area contributed by atoms with Crippen molar-refractivity contribution in [1.82, 2.24) is 19.7 Å². The lowest BCUT2D eigenvalue weighted by molar-refractivity contribution is 0.636. The second-order valence-corrected chi connectivity index (χ2v) is 5.17. The number of hydrogen-bond donors (Lipinski definition) is 2. The maximum atomic E-state index is 4.62. The molecule has 2 rings (SSSR count). The number of hydrogen-bond acceptors (Lipinski definition) is 5. The Morgan fingerprint density at radius 2 is 1.95 bits per heavy atom. The average Bonchev–Trinajstić information content (AvgIpc) is 2.88. The first-order valence-corrected chi connectivity index (χ1v) is 7.42. The van der Waals surface area contributed by atoms with E-state index < -0.39 is 0 Å². The first kappa shape index (κ1) is 15.3. The van der Waals surface area contributed by atoms with E-state index in [0.717, 1.165) is 49.0 Å². The summed E-state index contributed by atoms with van der Waals surface area (Å²) in [4.78, 5) is 9.15. The fraction of sp³-hybridized carbons (Fsp3) is 0.533. The zero-order valence-corrected chi connectivity index (χ0v) is 13.3. The Balaban J connectivity index is 2.05. The van der Waals surface area contributed by atoms with Gasteiger partial charge in [0.25, 0.3) is 0 Å². The van der Waals surface area contributed by atoms with Crippen LogP contribution in [0, 0.1) is 13.8 Å². The zero-order chi connectivity index (χ0) is 15.2. The molecule has 2 aromatic heterocycles. The molecule has 0 saturated heterocycles. The number of anilines is 2. The van der Waals surface area contributed by atoms with Crippen LogP contribution in [-0.2, 0) is 13.0 Å². The highest BCUT2D eigenvalue weighted by Gasteiger charge is 2.09. The molecular formula is C15H24N6. The molecule has 0 unspecified atom stereocenters. The molecule has 0 aliphatic carbocycles. The molecule has 6 nitrogen and oxygen atoms in total. The molecule has 0 saturated carbocycles. The second-order valence-electron chi connectivity index (χ2n) is 5.17. The highest BCUT2D eigenvalue weighted by molar-refractivity contribution is 5.56. The average molecular weight is 288 g/mol. The molecule has 0 bridgehead atoms. The first-order valence-electron chi connectivity index (χ1n) is 7.42. The van der Waals surface area contributed by atoms with E-state index in [-0.39, 0.29) is 0 Å². The number of nitrogens with zero attached hydrogens (tertiary/aromatic N) is 4. The van der Waals surface area contributed by atoms with E-state index in [1.807, 2.05) is 38.0 Å². The van der Waals surface area contributed by atoms with Crippen LogP contribution in [0.4, 0.5) is 11.6 Å². The predicted molar refractivity (Wildman–Crippen MR) is 85.8 cm³/mol. The highest BCUT2D eigenvalue weighted by atomic mass is 15.3. The molecule has 6 heteroatoms. The number of aryl methyl sites for hydroxylation is 2. The number of rotatable bonds is 7. The summed E-state index contributed by atoms with van der Waals surface area (Å²) in [6.45, 7) is 7.81.